The second-order valence-electron chi connectivity index (χ2n) is 7.17. The van der Waals surface area contributed by atoms with Crippen LogP contribution in [-0.2, 0) is 9.59 Å². The molecule has 2 saturated carbocycles. The summed E-state index contributed by atoms with van der Waals surface area (Å²) in [5, 5.41) is 9.78. The summed E-state index contributed by atoms with van der Waals surface area (Å²) in [6, 6.07) is 0. The van der Waals surface area contributed by atoms with Crippen molar-refractivity contribution >= 4 is 11.8 Å². The van der Waals surface area contributed by atoms with Gasteiger partial charge < -0.3 is 5.11 Å². The lowest BCUT2D eigenvalue weighted by atomic mass is 9.74. The molecule has 112 valence electrons. The van der Waals surface area contributed by atoms with Crippen molar-refractivity contribution in [1.29, 1.82) is 0 Å². The highest BCUT2D eigenvalue weighted by Crippen LogP contribution is 2.48. The van der Waals surface area contributed by atoms with Crippen molar-refractivity contribution in [1.82, 2.24) is 4.90 Å². The van der Waals surface area contributed by atoms with Gasteiger partial charge in [-0.25, -0.2) is 0 Å². The molecule has 20 heavy (non-hydrogen) atoms. The van der Waals surface area contributed by atoms with Crippen LogP contribution in [0.2, 0.25) is 0 Å². The Morgan fingerprint density at radius 3 is 2.15 bits per heavy atom. The van der Waals surface area contributed by atoms with Crippen molar-refractivity contribution in [3.8, 4) is 0 Å². The van der Waals surface area contributed by atoms with Crippen LogP contribution in [-0.4, -0.2) is 35.0 Å². The molecule has 4 nitrogen and oxygen atoms in total. The highest BCUT2D eigenvalue weighted by molar-refractivity contribution is 6.06. The quantitative estimate of drug-likeness (QED) is 0.806. The summed E-state index contributed by atoms with van der Waals surface area (Å²) in [6.45, 7) is 0.542. The van der Waals surface area contributed by atoms with E-state index in [0.29, 0.717) is 13.0 Å². The Bertz CT molecular complexity index is 406. The number of aliphatic hydroxyl groups excluding tert-OH is 1. The maximum Gasteiger partial charge on any atom is 0.235 e. The van der Waals surface area contributed by atoms with E-state index in [9.17, 15) is 14.7 Å². The molecule has 2 amide bonds. The lowest BCUT2D eigenvalue weighted by Crippen LogP contribution is -2.45. The number of hydrogen-bond acceptors (Lipinski definition) is 3. The second kappa shape index (κ2) is 5.14. The smallest absolute Gasteiger partial charge is 0.235 e. The fourth-order valence-electron chi connectivity index (χ4n) is 4.47. The minimum absolute atomic E-state index is 0.00435. The van der Waals surface area contributed by atoms with Gasteiger partial charge in [-0.2, -0.15) is 0 Å². The van der Waals surface area contributed by atoms with Gasteiger partial charge in [-0.1, -0.05) is 32.1 Å². The first-order valence-electron chi connectivity index (χ1n) is 8.07. The summed E-state index contributed by atoms with van der Waals surface area (Å²) < 4.78 is 0. The van der Waals surface area contributed by atoms with Gasteiger partial charge in [0.05, 0.1) is 12.0 Å². The normalized spacial score (nSPS) is 28.6. The van der Waals surface area contributed by atoms with Gasteiger partial charge in [0, 0.05) is 18.4 Å². The Hall–Kier alpha value is -0.900. The third-order valence-electron chi connectivity index (χ3n) is 5.79. The van der Waals surface area contributed by atoms with Crippen LogP contribution < -0.4 is 0 Å². The molecule has 0 aromatic rings. The van der Waals surface area contributed by atoms with Crippen LogP contribution in [0.15, 0.2) is 0 Å². The second-order valence-corrected chi connectivity index (χ2v) is 7.17. The molecule has 3 aliphatic rings. The Morgan fingerprint density at radius 1 is 0.950 bits per heavy atom. The van der Waals surface area contributed by atoms with Crippen LogP contribution in [0, 0.1) is 10.8 Å². The molecule has 0 aromatic carbocycles. The molecule has 0 unspecified atom stereocenters. The van der Waals surface area contributed by atoms with Crippen LogP contribution in [0.1, 0.15) is 64.2 Å². The molecule has 1 N–H and O–H groups in total. The number of carbonyl (C=O) groups excluding carboxylic acids is 2. The van der Waals surface area contributed by atoms with E-state index in [1.807, 2.05) is 0 Å². The van der Waals surface area contributed by atoms with Crippen molar-refractivity contribution in [3.05, 3.63) is 0 Å². The van der Waals surface area contributed by atoms with E-state index in [1.165, 1.54) is 11.3 Å². The molecule has 3 fully saturated rings. The summed E-state index contributed by atoms with van der Waals surface area (Å²) in [5.41, 5.74) is -0.601. The number of hydrogen-bond donors (Lipinski definition) is 1. The van der Waals surface area contributed by atoms with Crippen molar-refractivity contribution in [3.63, 3.8) is 0 Å². The largest absolute Gasteiger partial charge is 0.396 e. The van der Waals surface area contributed by atoms with E-state index >= 15 is 0 Å². The van der Waals surface area contributed by atoms with Crippen LogP contribution in [0.5, 0.6) is 0 Å². The molecule has 1 spiro atoms. The number of rotatable bonds is 3. The third kappa shape index (κ3) is 2.18. The van der Waals surface area contributed by atoms with Gasteiger partial charge >= 0.3 is 0 Å². The number of carbonyl (C=O) groups is 2. The zero-order chi connectivity index (χ0) is 14.2. The van der Waals surface area contributed by atoms with E-state index in [0.717, 1.165) is 51.4 Å². The fourth-order valence-corrected chi connectivity index (χ4v) is 4.47. The zero-order valence-electron chi connectivity index (χ0n) is 12.2. The SMILES string of the molecule is O=C1CC2(CCCC2)C(=O)N1CC1(CO)CCCCC1. The highest BCUT2D eigenvalue weighted by atomic mass is 16.3. The Labute approximate surface area is 120 Å². The third-order valence-corrected chi connectivity index (χ3v) is 5.79. The zero-order valence-corrected chi connectivity index (χ0v) is 12.2. The van der Waals surface area contributed by atoms with Crippen LogP contribution in [0.4, 0.5) is 0 Å². The molecule has 0 radical (unpaired) electrons. The van der Waals surface area contributed by atoms with Gasteiger partial charge in [0.2, 0.25) is 11.8 Å². The maximum absolute atomic E-state index is 12.7. The average molecular weight is 279 g/mol. The number of aliphatic hydroxyl groups is 1. The molecular formula is C16H25NO3. The summed E-state index contributed by atoms with van der Waals surface area (Å²) in [5.74, 6) is 0.0497. The van der Waals surface area contributed by atoms with E-state index in [2.05, 4.69) is 0 Å². The first kappa shape index (κ1) is 14.1. The minimum Gasteiger partial charge on any atom is -0.396 e. The van der Waals surface area contributed by atoms with Crippen LogP contribution in [0.25, 0.3) is 0 Å². The molecule has 0 atom stereocenters. The topological polar surface area (TPSA) is 57.6 Å². The molecule has 1 saturated heterocycles. The van der Waals surface area contributed by atoms with E-state index in [-0.39, 0.29) is 29.3 Å². The standard InChI is InChI=1S/C16H25NO3/c18-12-15(6-2-1-3-7-15)11-17-13(19)10-16(14(17)20)8-4-5-9-16/h18H,1-12H2. The van der Waals surface area contributed by atoms with E-state index in [1.54, 1.807) is 0 Å². The molecule has 3 rings (SSSR count). The Balaban J connectivity index is 1.76. The van der Waals surface area contributed by atoms with Crippen LogP contribution >= 0.6 is 0 Å². The summed E-state index contributed by atoms with van der Waals surface area (Å²) in [7, 11) is 0. The van der Waals surface area contributed by atoms with Crippen LogP contribution in [0.3, 0.4) is 0 Å². The summed E-state index contributed by atoms with van der Waals surface area (Å²) >= 11 is 0. The van der Waals surface area contributed by atoms with Crippen molar-refractivity contribution in [2.75, 3.05) is 13.2 Å². The van der Waals surface area contributed by atoms with Gasteiger partial charge in [-0.3, -0.25) is 14.5 Å². The number of imide groups is 1. The predicted octanol–water partition coefficient (Wildman–Crippen LogP) is 2.25. The fraction of sp³-hybridized carbons (Fsp3) is 0.875. The average Bonchev–Trinajstić information content (AvgIpc) is 3.02. The van der Waals surface area contributed by atoms with Crippen molar-refractivity contribution in [2.24, 2.45) is 10.8 Å². The predicted molar refractivity (Wildman–Crippen MR) is 74.8 cm³/mol. The lowest BCUT2D eigenvalue weighted by Gasteiger charge is -2.38. The van der Waals surface area contributed by atoms with Gasteiger partial charge in [-0.05, 0) is 25.7 Å². The first-order chi connectivity index (χ1) is 9.61. The Kier molecular flexibility index (Phi) is 3.61. The molecule has 2 aliphatic carbocycles. The van der Waals surface area contributed by atoms with Gasteiger partial charge in [0.15, 0.2) is 0 Å². The maximum atomic E-state index is 12.7. The van der Waals surface area contributed by atoms with Gasteiger partial charge in [0.1, 0.15) is 0 Å². The lowest BCUT2D eigenvalue weighted by molar-refractivity contribution is -0.144. The molecule has 4 heteroatoms. The molecule has 1 aliphatic heterocycles. The van der Waals surface area contributed by atoms with E-state index < -0.39 is 0 Å². The van der Waals surface area contributed by atoms with Gasteiger partial charge in [-0.15, -0.1) is 0 Å². The van der Waals surface area contributed by atoms with Gasteiger partial charge in [0.25, 0.3) is 0 Å². The summed E-state index contributed by atoms with van der Waals surface area (Å²) in [4.78, 5) is 26.5. The monoisotopic (exact) mass is 279 g/mol. The molecule has 0 bridgehead atoms. The van der Waals surface area contributed by atoms with Crippen molar-refractivity contribution in [2.45, 2.75) is 64.2 Å². The summed E-state index contributed by atoms with van der Waals surface area (Å²) in [6.07, 6.45) is 9.57. The van der Waals surface area contributed by atoms with Crippen molar-refractivity contribution < 1.29 is 14.7 Å². The number of nitrogens with zero attached hydrogens (tertiary/aromatic N) is 1. The minimum atomic E-state index is -0.373. The number of likely N-dealkylation sites (tertiary alicyclic amines) is 1. The molecular weight excluding hydrogens is 254 g/mol. The molecule has 0 aromatic heterocycles. The Morgan fingerprint density at radius 2 is 1.55 bits per heavy atom. The highest BCUT2D eigenvalue weighted by Gasteiger charge is 2.53. The number of amides is 2. The molecule has 1 heterocycles. The first-order valence-corrected chi connectivity index (χ1v) is 8.07. The van der Waals surface area contributed by atoms with E-state index in [4.69, 9.17) is 0 Å².